The molecule has 0 spiro atoms. The number of likely N-dealkylation sites (N-methyl/N-ethyl adjacent to an activating group) is 1. The van der Waals surface area contributed by atoms with Gasteiger partial charge in [-0.15, -0.1) is 0 Å². The molecule has 0 aliphatic carbocycles. The lowest BCUT2D eigenvalue weighted by atomic mass is 10.0. The Morgan fingerprint density at radius 3 is 2.84 bits per heavy atom. The van der Waals surface area contributed by atoms with Gasteiger partial charge in [-0.25, -0.2) is 0 Å². The molecular formula is C14H18ClNO3. The van der Waals surface area contributed by atoms with Gasteiger partial charge in [-0.3, -0.25) is 9.69 Å². The number of carboxylic acid groups (broad SMARTS) is 1. The number of fused-ring (bicyclic) bond motifs is 1. The molecule has 1 aliphatic heterocycles. The van der Waals surface area contributed by atoms with E-state index >= 15 is 0 Å². The van der Waals surface area contributed by atoms with Crippen molar-refractivity contribution in [1.82, 2.24) is 4.90 Å². The van der Waals surface area contributed by atoms with Crippen molar-refractivity contribution in [3.8, 4) is 5.75 Å². The second kappa shape index (κ2) is 5.02. The molecule has 0 saturated heterocycles. The summed E-state index contributed by atoms with van der Waals surface area (Å²) in [7, 11) is 1.79. The fraction of sp³-hybridized carbons (Fsp3) is 0.500. The smallest absolute Gasteiger partial charge is 0.323 e. The zero-order valence-corrected chi connectivity index (χ0v) is 12.1. The lowest BCUT2D eigenvalue weighted by Crippen LogP contribution is -2.47. The monoisotopic (exact) mass is 283 g/mol. The van der Waals surface area contributed by atoms with E-state index in [1.807, 2.05) is 12.1 Å². The molecule has 0 aromatic heterocycles. The van der Waals surface area contributed by atoms with Gasteiger partial charge in [0.15, 0.2) is 0 Å². The second-order valence-electron chi connectivity index (χ2n) is 5.37. The highest BCUT2D eigenvalue weighted by Gasteiger charge is 2.33. The molecule has 1 aromatic rings. The second-order valence-corrected chi connectivity index (χ2v) is 5.81. The molecule has 4 nitrogen and oxygen atoms in total. The van der Waals surface area contributed by atoms with Crippen molar-refractivity contribution in [1.29, 1.82) is 0 Å². The van der Waals surface area contributed by atoms with Crippen LogP contribution in [0.2, 0.25) is 5.02 Å². The Labute approximate surface area is 117 Å². The molecule has 2 rings (SSSR count). The third-order valence-corrected chi connectivity index (χ3v) is 3.93. The number of benzene rings is 1. The number of aliphatic carboxylic acids is 1. The molecule has 0 radical (unpaired) electrons. The van der Waals surface area contributed by atoms with Gasteiger partial charge in [0.05, 0.1) is 6.61 Å². The van der Waals surface area contributed by atoms with Crippen LogP contribution in [0.25, 0.3) is 0 Å². The maximum atomic E-state index is 11.3. The fourth-order valence-corrected chi connectivity index (χ4v) is 2.34. The minimum Gasteiger partial charge on any atom is -0.493 e. The molecule has 5 heteroatoms. The number of hydrogen-bond donors (Lipinski definition) is 1. The summed E-state index contributed by atoms with van der Waals surface area (Å²) in [6.07, 6.45) is 0.856. The van der Waals surface area contributed by atoms with Gasteiger partial charge in [-0.05, 0) is 38.6 Å². The van der Waals surface area contributed by atoms with Crippen molar-refractivity contribution in [2.45, 2.75) is 32.4 Å². The van der Waals surface area contributed by atoms with Crippen LogP contribution in [0.15, 0.2) is 12.1 Å². The van der Waals surface area contributed by atoms with Crippen molar-refractivity contribution in [2.75, 3.05) is 13.7 Å². The molecule has 1 heterocycles. The van der Waals surface area contributed by atoms with Crippen LogP contribution in [0.5, 0.6) is 5.75 Å². The molecule has 0 fully saturated rings. The van der Waals surface area contributed by atoms with Crippen LogP contribution in [-0.2, 0) is 17.8 Å². The molecule has 0 unspecified atom stereocenters. The zero-order chi connectivity index (χ0) is 14.2. The third-order valence-electron chi connectivity index (χ3n) is 3.71. The Bertz CT molecular complexity index is 514. The molecule has 1 aromatic carbocycles. The molecule has 0 saturated carbocycles. The molecule has 0 amide bonds. The number of carboxylic acids is 1. The van der Waals surface area contributed by atoms with Crippen LogP contribution in [0.1, 0.15) is 25.0 Å². The molecule has 1 N–H and O–H groups in total. The highest BCUT2D eigenvalue weighted by molar-refractivity contribution is 6.30. The van der Waals surface area contributed by atoms with Crippen LogP contribution in [0.3, 0.4) is 0 Å². The van der Waals surface area contributed by atoms with E-state index in [1.165, 1.54) is 0 Å². The van der Waals surface area contributed by atoms with Gasteiger partial charge in [0.2, 0.25) is 0 Å². The van der Waals surface area contributed by atoms with Gasteiger partial charge in [-0.2, -0.15) is 0 Å². The topological polar surface area (TPSA) is 49.8 Å². The van der Waals surface area contributed by atoms with Gasteiger partial charge in [0.25, 0.3) is 0 Å². The van der Waals surface area contributed by atoms with E-state index in [0.717, 1.165) is 23.3 Å². The molecule has 1 aliphatic rings. The zero-order valence-electron chi connectivity index (χ0n) is 11.4. The quantitative estimate of drug-likeness (QED) is 0.923. The van der Waals surface area contributed by atoms with E-state index < -0.39 is 11.5 Å². The van der Waals surface area contributed by atoms with Crippen LogP contribution in [-0.4, -0.2) is 35.2 Å². The van der Waals surface area contributed by atoms with Crippen molar-refractivity contribution in [2.24, 2.45) is 0 Å². The van der Waals surface area contributed by atoms with E-state index in [2.05, 4.69) is 0 Å². The maximum absolute atomic E-state index is 11.3. The van der Waals surface area contributed by atoms with Crippen molar-refractivity contribution >= 4 is 17.6 Å². The fourth-order valence-electron chi connectivity index (χ4n) is 2.08. The summed E-state index contributed by atoms with van der Waals surface area (Å²) in [6.45, 7) is 4.51. The molecule has 0 bridgehead atoms. The molecule has 0 atom stereocenters. The van der Waals surface area contributed by atoms with E-state index in [0.29, 0.717) is 18.2 Å². The molecule has 19 heavy (non-hydrogen) atoms. The number of carbonyl (C=O) groups is 1. The number of hydrogen-bond acceptors (Lipinski definition) is 3. The number of ether oxygens (including phenoxy) is 1. The highest BCUT2D eigenvalue weighted by atomic mass is 35.5. The lowest BCUT2D eigenvalue weighted by molar-refractivity contribution is -0.148. The summed E-state index contributed by atoms with van der Waals surface area (Å²) in [5.41, 5.74) is 1.11. The van der Waals surface area contributed by atoms with Crippen molar-refractivity contribution < 1.29 is 14.6 Å². The predicted molar refractivity (Wildman–Crippen MR) is 73.8 cm³/mol. The summed E-state index contributed by atoms with van der Waals surface area (Å²) in [5.74, 6) is 0.00651. The number of rotatable bonds is 4. The summed E-state index contributed by atoms with van der Waals surface area (Å²) in [4.78, 5) is 13.0. The van der Waals surface area contributed by atoms with Gasteiger partial charge >= 0.3 is 5.97 Å². The highest BCUT2D eigenvalue weighted by Crippen LogP contribution is 2.34. The Morgan fingerprint density at radius 1 is 1.53 bits per heavy atom. The Balaban J connectivity index is 2.27. The minimum absolute atomic E-state index is 0.488. The molecule has 104 valence electrons. The van der Waals surface area contributed by atoms with Crippen LogP contribution >= 0.6 is 11.6 Å². The van der Waals surface area contributed by atoms with E-state index in [-0.39, 0.29) is 0 Å². The summed E-state index contributed by atoms with van der Waals surface area (Å²) < 4.78 is 5.63. The first-order valence-corrected chi connectivity index (χ1v) is 6.59. The summed E-state index contributed by atoms with van der Waals surface area (Å²) in [5, 5.41) is 9.91. The summed E-state index contributed by atoms with van der Waals surface area (Å²) >= 11 is 6.10. The normalized spacial score (nSPS) is 14.4. The number of halogens is 1. The van der Waals surface area contributed by atoms with Crippen LogP contribution in [0.4, 0.5) is 0 Å². The largest absolute Gasteiger partial charge is 0.493 e. The van der Waals surface area contributed by atoms with Gasteiger partial charge < -0.3 is 9.84 Å². The first kappa shape index (κ1) is 14.2. The van der Waals surface area contributed by atoms with E-state index in [4.69, 9.17) is 16.3 Å². The van der Waals surface area contributed by atoms with Crippen LogP contribution < -0.4 is 4.74 Å². The number of nitrogens with zero attached hydrogens (tertiary/aromatic N) is 1. The van der Waals surface area contributed by atoms with Crippen molar-refractivity contribution in [3.05, 3.63) is 28.3 Å². The van der Waals surface area contributed by atoms with E-state index in [9.17, 15) is 9.90 Å². The Kier molecular flexibility index (Phi) is 3.74. The lowest BCUT2D eigenvalue weighted by Gasteiger charge is -2.31. The van der Waals surface area contributed by atoms with Gasteiger partial charge in [-0.1, -0.05) is 11.6 Å². The predicted octanol–water partition coefficient (Wildman–Crippen LogP) is 2.57. The SMILES string of the molecule is CN(Cc1cc(Cl)cc2c1OCC2)C(C)(C)C(=O)O. The van der Waals surface area contributed by atoms with Gasteiger partial charge in [0.1, 0.15) is 11.3 Å². The summed E-state index contributed by atoms with van der Waals surface area (Å²) in [6, 6.07) is 3.76. The third kappa shape index (κ3) is 2.69. The Morgan fingerprint density at radius 2 is 2.21 bits per heavy atom. The minimum atomic E-state index is -0.937. The Hall–Kier alpha value is -1.26. The maximum Gasteiger partial charge on any atom is 0.323 e. The molecular weight excluding hydrogens is 266 g/mol. The van der Waals surface area contributed by atoms with Gasteiger partial charge in [0, 0.05) is 23.6 Å². The average molecular weight is 284 g/mol. The standard InChI is InChI=1S/C14H18ClNO3/c1-14(2,13(17)18)16(3)8-10-7-11(15)6-9-4-5-19-12(9)10/h6-7H,4-5,8H2,1-3H3,(H,17,18). The van der Waals surface area contributed by atoms with Crippen LogP contribution in [0, 0.1) is 0 Å². The van der Waals surface area contributed by atoms with Crippen molar-refractivity contribution in [3.63, 3.8) is 0 Å². The average Bonchev–Trinajstić information content (AvgIpc) is 2.76. The first-order valence-electron chi connectivity index (χ1n) is 6.21. The van der Waals surface area contributed by atoms with E-state index in [1.54, 1.807) is 25.8 Å². The first-order chi connectivity index (χ1) is 8.82.